The zero-order valence-electron chi connectivity index (χ0n) is 19.7. The molecule has 2 aliphatic rings. The highest BCUT2D eigenvalue weighted by Gasteiger charge is 2.72. The van der Waals surface area contributed by atoms with Crippen LogP contribution in [-0.2, 0) is 38.1 Å². The van der Waals surface area contributed by atoms with Gasteiger partial charge in [0, 0.05) is 25.8 Å². The van der Waals surface area contributed by atoms with Crippen molar-refractivity contribution in [1.82, 2.24) is 0 Å². The van der Waals surface area contributed by atoms with E-state index in [2.05, 4.69) is 6.58 Å². The number of allylic oxidation sites excluding steroid dienone is 2. The van der Waals surface area contributed by atoms with Crippen molar-refractivity contribution in [1.29, 1.82) is 0 Å². The molecule has 0 radical (unpaired) electrons. The van der Waals surface area contributed by atoms with Crippen LogP contribution >= 0.6 is 0 Å². The fourth-order valence-electron chi connectivity index (χ4n) is 3.83. The Morgan fingerprint density at radius 3 is 2.22 bits per heavy atom. The molecule has 1 saturated carbocycles. The average molecular weight is 449 g/mol. The molecule has 2 fully saturated rings. The summed E-state index contributed by atoms with van der Waals surface area (Å²) in [5.74, 6) is -3.17. The molecule has 0 bridgehead atoms. The van der Waals surface area contributed by atoms with E-state index in [-0.39, 0.29) is 6.42 Å². The summed E-state index contributed by atoms with van der Waals surface area (Å²) in [6.45, 7) is 15.2. The van der Waals surface area contributed by atoms with Gasteiger partial charge in [-0.3, -0.25) is 14.4 Å². The van der Waals surface area contributed by atoms with Crippen LogP contribution in [0.1, 0.15) is 54.9 Å². The van der Waals surface area contributed by atoms with Crippen LogP contribution in [0.25, 0.3) is 0 Å². The minimum Gasteiger partial charge on any atom is -0.459 e. The second-order valence-corrected chi connectivity index (χ2v) is 8.60. The molecule has 8 nitrogen and oxygen atoms in total. The Balaban J connectivity index is 2.49. The molecule has 32 heavy (non-hydrogen) atoms. The standard InChI is InChI=1S/C24H32O8/c1-9-13(4)23(28)31-17(11-10-12(2)3)14(5)18-19(29-15(6)25)21(27)24(8)22(32-24)20(18)30-16(7)26/h9-10,17-20,22H,5,11H2,1-4,6-8H3/b13-9-/t17-,18-,19-,20+,22-,24+/m0/s1. The van der Waals surface area contributed by atoms with Crippen molar-refractivity contribution in [2.75, 3.05) is 0 Å². The zero-order valence-corrected chi connectivity index (χ0v) is 19.7. The Morgan fingerprint density at radius 1 is 1.12 bits per heavy atom. The second-order valence-electron chi connectivity index (χ2n) is 8.60. The molecule has 1 aliphatic carbocycles. The Bertz CT molecular complexity index is 878. The highest BCUT2D eigenvalue weighted by molar-refractivity contribution is 5.97. The van der Waals surface area contributed by atoms with Crippen molar-refractivity contribution >= 4 is 23.7 Å². The predicted octanol–water partition coefficient (Wildman–Crippen LogP) is 3.00. The van der Waals surface area contributed by atoms with Gasteiger partial charge in [-0.25, -0.2) is 4.79 Å². The lowest BCUT2D eigenvalue weighted by molar-refractivity contribution is -0.168. The van der Waals surface area contributed by atoms with Crippen LogP contribution in [-0.4, -0.2) is 53.7 Å². The molecular weight excluding hydrogens is 416 g/mol. The van der Waals surface area contributed by atoms with Gasteiger partial charge in [0.25, 0.3) is 0 Å². The third-order valence-corrected chi connectivity index (χ3v) is 5.76. The molecule has 1 saturated heterocycles. The van der Waals surface area contributed by atoms with Crippen LogP contribution in [0.2, 0.25) is 0 Å². The SMILES string of the molecule is C=C([C@@H]1[C@@H](OC(C)=O)[C@@H]2O[C@]2(C)C(=O)[C@H]1OC(C)=O)[C@H](CC=C(C)C)OC(=O)/C(C)=C\C. The van der Waals surface area contributed by atoms with Gasteiger partial charge < -0.3 is 18.9 Å². The normalized spacial score (nSPS) is 29.8. The Morgan fingerprint density at radius 2 is 1.72 bits per heavy atom. The van der Waals surface area contributed by atoms with Crippen molar-refractivity contribution in [2.45, 2.75) is 84.9 Å². The summed E-state index contributed by atoms with van der Waals surface area (Å²) < 4.78 is 22.2. The lowest BCUT2D eigenvalue weighted by atomic mass is 9.72. The van der Waals surface area contributed by atoms with Crippen molar-refractivity contribution in [3.05, 3.63) is 35.5 Å². The Hall–Kier alpha value is -2.74. The summed E-state index contributed by atoms with van der Waals surface area (Å²) in [4.78, 5) is 49.3. The number of fused-ring (bicyclic) bond motifs is 1. The van der Waals surface area contributed by atoms with Gasteiger partial charge in [-0.2, -0.15) is 0 Å². The van der Waals surface area contributed by atoms with E-state index in [1.807, 2.05) is 19.9 Å². The molecule has 0 N–H and O–H groups in total. The lowest BCUT2D eigenvalue weighted by Gasteiger charge is -2.38. The van der Waals surface area contributed by atoms with Gasteiger partial charge in [0.05, 0.1) is 5.92 Å². The molecule has 176 valence electrons. The average Bonchev–Trinajstić information content (AvgIpc) is 3.40. The fourth-order valence-corrected chi connectivity index (χ4v) is 3.83. The first-order valence-corrected chi connectivity index (χ1v) is 10.6. The molecule has 0 aromatic heterocycles. The lowest BCUT2D eigenvalue weighted by Crippen LogP contribution is -2.56. The molecule has 1 heterocycles. The number of esters is 3. The minimum atomic E-state index is -1.29. The topological polar surface area (TPSA) is 108 Å². The maximum atomic E-state index is 13.1. The van der Waals surface area contributed by atoms with E-state index in [9.17, 15) is 19.2 Å². The molecular formula is C24H32O8. The van der Waals surface area contributed by atoms with E-state index in [1.165, 1.54) is 13.8 Å². The summed E-state index contributed by atoms with van der Waals surface area (Å²) in [7, 11) is 0. The van der Waals surface area contributed by atoms with Crippen LogP contribution in [0.4, 0.5) is 0 Å². The van der Waals surface area contributed by atoms with Crippen LogP contribution < -0.4 is 0 Å². The van der Waals surface area contributed by atoms with Crippen molar-refractivity contribution in [2.24, 2.45) is 5.92 Å². The summed E-state index contributed by atoms with van der Waals surface area (Å²) in [5.41, 5.74) is 0.492. The second kappa shape index (κ2) is 9.81. The maximum Gasteiger partial charge on any atom is 0.333 e. The first kappa shape index (κ1) is 25.5. The highest BCUT2D eigenvalue weighted by Crippen LogP contribution is 2.51. The first-order valence-electron chi connectivity index (χ1n) is 10.6. The summed E-state index contributed by atoms with van der Waals surface area (Å²) >= 11 is 0. The van der Waals surface area contributed by atoms with E-state index in [4.69, 9.17) is 18.9 Å². The number of carbonyl (C=O) groups is 4. The van der Waals surface area contributed by atoms with Gasteiger partial charge >= 0.3 is 17.9 Å². The van der Waals surface area contributed by atoms with Crippen molar-refractivity contribution in [3.63, 3.8) is 0 Å². The summed E-state index contributed by atoms with van der Waals surface area (Å²) in [6, 6.07) is 0. The fraction of sp³-hybridized carbons (Fsp3) is 0.583. The molecule has 0 spiro atoms. The van der Waals surface area contributed by atoms with Crippen LogP contribution in [0.5, 0.6) is 0 Å². The number of ether oxygens (including phenoxy) is 4. The molecule has 1 aliphatic heterocycles. The van der Waals surface area contributed by atoms with E-state index in [0.29, 0.717) is 11.1 Å². The quantitative estimate of drug-likeness (QED) is 0.183. The van der Waals surface area contributed by atoms with Gasteiger partial charge in [0.1, 0.15) is 18.3 Å². The minimum absolute atomic E-state index is 0.289. The molecule has 0 unspecified atom stereocenters. The number of Topliss-reactive ketones (excluding diaryl/α,β-unsaturated/α-hetero) is 1. The van der Waals surface area contributed by atoms with E-state index in [1.54, 1.807) is 26.8 Å². The zero-order chi connectivity index (χ0) is 24.4. The molecule has 0 aromatic carbocycles. The highest BCUT2D eigenvalue weighted by atomic mass is 16.7. The van der Waals surface area contributed by atoms with Crippen LogP contribution in [0.15, 0.2) is 35.5 Å². The number of carbonyl (C=O) groups excluding carboxylic acids is 4. The van der Waals surface area contributed by atoms with Crippen molar-refractivity contribution < 1.29 is 38.1 Å². The van der Waals surface area contributed by atoms with Gasteiger partial charge in [-0.15, -0.1) is 0 Å². The third kappa shape index (κ3) is 5.35. The molecule has 8 heteroatoms. The van der Waals surface area contributed by atoms with Gasteiger partial charge in [0.2, 0.25) is 5.78 Å². The largest absolute Gasteiger partial charge is 0.459 e. The first-order chi connectivity index (χ1) is 14.8. The van der Waals surface area contributed by atoms with Gasteiger partial charge in [-0.1, -0.05) is 24.3 Å². The summed E-state index contributed by atoms with van der Waals surface area (Å²) in [5, 5.41) is 0. The van der Waals surface area contributed by atoms with Crippen LogP contribution in [0, 0.1) is 5.92 Å². The molecule has 6 atom stereocenters. The number of rotatable bonds is 8. The maximum absolute atomic E-state index is 13.1. The van der Waals surface area contributed by atoms with Crippen molar-refractivity contribution in [3.8, 4) is 0 Å². The van der Waals surface area contributed by atoms with Gasteiger partial charge in [-0.05, 0) is 40.2 Å². The number of epoxide rings is 1. The predicted molar refractivity (Wildman–Crippen MR) is 115 cm³/mol. The number of hydrogen-bond acceptors (Lipinski definition) is 8. The molecule has 0 amide bonds. The Labute approximate surface area is 188 Å². The molecule has 2 rings (SSSR count). The monoisotopic (exact) mass is 448 g/mol. The van der Waals surface area contributed by atoms with Crippen LogP contribution in [0.3, 0.4) is 0 Å². The number of ketones is 1. The summed E-state index contributed by atoms with van der Waals surface area (Å²) in [6.07, 6.45) is 0.0234. The molecule has 0 aromatic rings. The number of hydrogen-bond donors (Lipinski definition) is 0. The smallest absolute Gasteiger partial charge is 0.333 e. The van der Waals surface area contributed by atoms with E-state index >= 15 is 0 Å². The third-order valence-electron chi connectivity index (χ3n) is 5.76. The van der Waals surface area contributed by atoms with E-state index < -0.39 is 59.6 Å². The van der Waals surface area contributed by atoms with Gasteiger partial charge in [0.15, 0.2) is 11.7 Å². The van der Waals surface area contributed by atoms with E-state index in [0.717, 1.165) is 5.57 Å². The Kier molecular flexibility index (Phi) is 7.83.